The van der Waals surface area contributed by atoms with E-state index < -0.39 is 0 Å². The maximum absolute atomic E-state index is 3.67. The fourth-order valence-corrected chi connectivity index (χ4v) is 4.10. The number of hydrogen-bond donors (Lipinski definition) is 1. The molecule has 1 unspecified atom stereocenters. The molecule has 0 saturated heterocycles. The van der Waals surface area contributed by atoms with Crippen LogP contribution >= 0.6 is 27.3 Å². The molecule has 0 saturated carbocycles. The van der Waals surface area contributed by atoms with Gasteiger partial charge >= 0.3 is 0 Å². The van der Waals surface area contributed by atoms with E-state index in [2.05, 4.69) is 72.3 Å². The summed E-state index contributed by atoms with van der Waals surface area (Å²) in [4.78, 5) is 2.70. The van der Waals surface area contributed by atoms with Crippen molar-refractivity contribution in [2.24, 2.45) is 0 Å². The Balaban J connectivity index is 2.42. The van der Waals surface area contributed by atoms with Crippen molar-refractivity contribution >= 4 is 27.3 Å². The summed E-state index contributed by atoms with van der Waals surface area (Å²) in [7, 11) is 0. The Morgan fingerprint density at radius 1 is 1.28 bits per heavy atom. The summed E-state index contributed by atoms with van der Waals surface area (Å²) in [6.07, 6.45) is 0. The molecule has 0 amide bonds. The van der Waals surface area contributed by atoms with Gasteiger partial charge in [0.2, 0.25) is 0 Å². The van der Waals surface area contributed by atoms with E-state index in [4.69, 9.17) is 0 Å². The van der Waals surface area contributed by atoms with Gasteiger partial charge in [-0.25, -0.2) is 0 Å². The van der Waals surface area contributed by atoms with Crippen LogP contribution in [0, 0.1) is 13.8 Å². The molecule has 0 spiro atoms. The van der Waals surface area contributed by atoms with Gasteiger partial charge in [-0.2, -0.15) is 0 Å². The van der Waals surface area contributed by atoms with Gasteiger partial charge in [0.15, 0.2) is 0 Å². The summed E-state index contributed by atoms with van der Waals surface area (Å²) in [5.41, 5.74) is 2.64. The predicted molar refractivity (Wildman–Crippen MR) is 83.5 cm³/mol. The molecule has 0 fully saturated rings. The van der Waals surface area contributed by atoms with Gasteiger partial charge in [-0.3, -0.25) is 0 Å². The van der Waals surface area contributed by atoms with E-state index in [1.54, 1.807) is 0 Å². The molecule has 0 radical (unpaired) electrons. The molecule has 18 heavy (non-hydrogen) atoms. The molecule has 2 aromatic rings. The van der Waals surface area contributed by atoms with Crippen LogP contribution in [0.4, 0.5) is 0 Å². The number of hydrogen-bond acceptors (Lipinski definition) is 2. The third kappa shape index (κ3) is 3.02. The van der Waals surface area contributed by atoms with E-state index in [0.29, 0.717) is 0 Å². The molecule has 1 N–H and O–H groups in total. The van der Waals surface area contributed by atoms with Crippen molar-refractivity contribution in [2.75, 3.05) is 6.54 Å². The molecule has 1 aromatic heterocycles. The molecule has 0 aliphatic carbocycles. The number of benzene rings is 1. The van der Waals surface area contributed by atoms with Gasteiger partial charge < -0.3 is 5.32 Å². The number of rotatable bonds is 4. The normalized spacial score (nSPS) is 12.7. The van der Waals surface area contributed by atoms with E-state index in [9.17, 15) is 0 Å². The lowest BCUT2D eigenvalue weighted by molar-refractivity contribution is 0.637. The molecule has 1 atom stereocenters. The number of halogens is 1. The summed E-state index contributed by atoms with van der Waals surface area (Å²) in [6, 6.07) is 11.2. The number of aryl methyl sites for hydroxylation is 2. The Bertz CT molecular complexity index is 533. The zero-order valence-corrected chi connectivity index (χ0v) is 13.4. The summed E-state index contributed by atoms with van der Waals surface area (Å²) >= 11 is 5.53. The van der Waals surface area contributed by atoms with Crippen LogP contribution in [0.3, 0.4) is 0 Å². The van der Waals surface area contributed by atoms with Crippen molar-refractivity contribution in [1.29, 1.82) is 0 Å². The monoisotopic (exact) mass is 323 g/mol. The minimum Gasteiger partial charge on any atom is -0.306 e. The van der Waals surface area contributed by atoms with E-state index >= 15 is 0 Å². The van der Waals surface area contributed by atoms with Crippen LogP contribution in [0.2, 0.25) is 0 Å². The standard InChI is InChI=1S/C15H18BrNS/c1-4-17-14(12-7-5-6-10(2)8-12)15-13(16)9-11(3)18-15/h5-9,14,17H,4H2,1-3H3. The third-order valence-electron chi connectivity index (χ3n) is 2.88. The molecule has 1 nitrogen and oxygen atoms in total. The molecule has 0 aliphatic rings. The van der Waals surface area contributed by atoms with Gasteiger partial charge in [-0.1, -0.05) is 36.8 Å². The molecule has 0 bridgehead atoms. The minimum atomic E-state index is 0.281. The SMILES string of the molecule is CCNC(c1cccc(C)c1)c1sc(C)cc1Br. The predicted octanol–water partition coefficient (Wildman–Crippen LogP) is 4.83. The van der Waals surface area contributed by atoms with E-state index in [0.717, 1.165) is 6.54 Å². The summed E-state index contributed by atoms with van der Waals surface area (Å²) in [6.45, 7) is 7.40. The first-order chi connectivity index (χ1) is 8.61. The topological polar surface area (TPSA) is 12.0 Å². The van der Waals surface area contributed by atoms with Gasteiger partial charge in [0.05, 0.1) is 6.04 Å². The lowest BCUT2D eigenvalue weighted by atomic mass is 10.0. The van der Waals surface area contributed by atoms with Gasteiger partial charge in [0, 0.05) is 14.2 Å². The van der Waals surface area contributed by atoms with Crippen LogP contribution in [-0.2, 0) is 0 Å². The Morgan fingerprint density at radius 2 is 2.06 bits per heavy atom. The maximum Gasteiger partial charge on any atom is 0.0682 e. The van der Waals surface area contributed by atoms with Crippen molar-refractivity contribution in [2.45, 2.75) is 26.8 Å². The smallest absolute Gasteiger partial charge is 0.0682 e. The van der Waals surface area contributed by atoms with Crippen LogP contribution in [0.15, 0.2) is 34.8 Å². The lowest BCUT2D eigenvalue weighted by Gasteiger charge is -2.18. The first-order valence-corrected chi connectivity index (χ1v) is 7.78. The highest BCUT2D eigenvalue weighted by molar-refractivity contribution is 9.10. The fraction of sp³-hybridized carbons (Fsp3) is 0.333. The summed E-state index contributed by atoms with van der Waals surface area (Å²) < 4.78 is 1.21. The van der Waals surface area contributed by atoms with Gasteiger partial charge in [-0.15, -0.1) is 11.3 Å². The van der Waals surface area contributed by atoms with Gasteiger partial charge in [-0.05, 0) is 48.0 Å². The Labute approximate surface area is 121 Å². The highest BCUT2D eigenvalue weighted by Gasteiger charge is 2.18. The second kappa shape index (κ2) is 6.00. The van der Waals surface area contributed by atoms with E-state index in [-0.39, 0.29) is 6.04 Å². The molecular weight excluding hydrogens is 306 g/mol. The summed E-state index contributed by atoms with van der Waals surface area (Å²) in [5.74, 6) is 0. The molecule has 96 valence electrons. The zero-order valence-electron chi connectivity index (χ0n) is 11.0. The molecule has 1 heterocycles. The van der Waals surface area contributed by atoms with Gasteiger partial charge in [0.1, 0.15) is 0 Å². The first-order valence-electron chi connectivity index (χ1n) is 6.17. The molecular formula is C15H18BrNS. The summed E-state index contributed by atoms with van der Waals surface area (Å²) in [5, 5.41) is 3.58. The van der Waals surface area contributed by atoms with Crippen LogP contribution in [-0.4, -0.2) is 6.54 Å². The Kier molecular flexibility index (Phi) is 4.60. The van der Waals surface area contributed by atoms with Gasteiger partial charge in [0.25, 0.3) is 0 Å². The quantitative estimate of drug-likeness (QED) is 0.850. The Hall–Kier alpha value is -0.640. The molecule has 1 aromatic carbocycles. The fourth-order valence-electron chi connectivity index (χ4n) is 2.11. The van der Waals surface area contributed by atoms with Crippen molar-refractivity contribution in [3.05, 3.63) is 55.7 Å². The zero-order chi connectivity index (χ0) is 13.1. The number of thiophene rings is 1. The Morgan fingerprint density at radius 3 is 2.61 bits per heavy atom. The number of nitrogens with one attached hydrogen (secondary N) is 1. The van der Waals surface area contributed by atoms with Crippen molar-refractivity contribution in [3.8, 4) is 0 Å². The molecule has 2 rings (SSSR count). The van der Waals surface area contributed by atoms with Crippen molar-refractivity contribution < 1.29 is 0 Å². The van der Waals surface area contributed by atoms with Crippen LogP contribution in [0.5, 0.6) is 0 Å². The average Bonchev–Trinajstić information content (AvgIpc) is 2.65. The maximum atomic E-state index is 3.67. The van der Waals surface area contributed by atoms with E-state index in [1.807, 2.05) is 11.3 Å². The highest BCUT2D eigenvalue weighted by atomic mass is 79.9. The highest BCUT2D eigenvalue weighted by Crippen LogP contribution is 2.35. The second-order valence-corrected chi connectivity index (χ2v) is 6.62. The van der Waals surface area contributed by atoms with Crippen molar-refractivity contribution in [1.82, 2.24) is 5.32 Å². The van der Waals surface area contributed by atoms with Crippen LogP contribution in [0.1, 0.15) is 33.8 Å². The third-order valence-corrected chi connectivity index (χ3v) is 4.92. The molecule has 3 heteroatoms. The molecule has 0 aliphatic heterocycles. The van der Waals surface area contributed by atoms with E-state index in [1.165, 1.54) is 25.4 Å². The lowest BCUT2D eigenvalue weighted by Crippen LogP contribution is -2.21. The minimum absolute atomic E-state index is 0.281. The second-order valence-electron chi connectivity index (χ2n) is 4.47. The average molecular weight is 324 g/mol. The largest absolute Gasteiger partial charge is 0.306 e. The van der Waals surface area contributed by atoms with Crippen LogP contribution in [0.25, 0.3) is 0 Å². The van der Waals surface area contributed by atoms with Crippen molar-refractivity contribution in [3.63, 3.8) is 0 Å². The van der Waals surface area contributed by atoms with Crippen LogP contribution < -0.4 is 5.32 Å². The first kappa shape index (κ1) is 13.8.